The molecule has 2 rings (SSSR count). The Morgan fingerprint density at radius 1 is 1.40 bits per heavy atom. The summed E-state index contributed by atoms with van der Waals surface area (Å²) in [4.78, 5) is 14.2. The second kappa shape index (κ2) is 7.09. The highest BCUT2D eigenvalue weighted by Gasteiger charge is 2.25. The highest BCUT2D eigenvalue weighted by Crippen LogP contribution is 2.24. The highest BCUT2D eigenvalue weighted by atomic mass is 16.1. The lowest BCUT2D eigenvalue weighted by Crippen LogP contribution is -2.33. The van der Waals surface area contributed by atoms with Crippen molar-refractivity contribution in [1.29, 1.82) is 0 Å². The van der Waals surface area contributed by atoms with Gasteiger partial charge in [0.15, 0.2) is 0 Å². The molecular weight excluding hydrogens is 250 g/mol. The van der Waals surface area contributed by atoms with Crippen LogP contribution in [0.3, 0.4) is 0 Å². The molecule has 3 N–H and O–H groups in total. The molecule has 1 aliphatic rings. The van der Waals surface area contributed by atoms with E-state index >= 15 is 0 Å². The number of nitrogens with one attached hydrogen (secondary N) is 1. The molecule has 0 saturated heterocycles. The first-order valence-electron chi connectivity index (χ1n) is 6.98. The number of hydrogen-bond acceptors (Lipinski definition) is 3. The summed E-state index contributed by atoms with van der Waals surface area (Å²) in [6.45, 7) is 1.92. The fraction of sp³-hybridized carbons (Fsp3) is 0.438. The number of rotatable bonds is 5. The molecule has 0 bridgehead atoms. The maximum atomic E-state index is 12.0. The topological polar surface area (TPSA) is 58.4 Å². The van der Waals surface area contributed by atoms with Crippen molar-refractivity contribution in [1.82, 2.24) is 10.2 Å². The largest absolute Gasteiger partial charge is 0.351 e. The summed E-state index contributed by atoms with van der Waals surface area (Å²) in [5, 5.41) is 2.94. The van der Waals surface area contributed by atoms with E-state index in [1.807, 2.05) is 12.1 Å². The quantitative estimate of drug-likeness (QED) is 0.780. The third-order valence-corrected chi connectivity index (χ3v) is 3.40. The number of benzene rings is 1. The van der Waals surface area contributed by atoms with Crippen molar-refractivity contribution in [3.63, 3.8) is 0 Å². The first-order valence-corrected chi connectivity index (χ1v) is 6.98. The number of nitrogens with two attached hydrogens (primary N) is 1. The molecule has 1 aromatic rings. The van der Waals surface area contributed by atoms with Crippen LogP contribution < -0.4 is 11.1 Å². The van der Waals surface area contributed by atoms with E-state index in [9.17, 15) is 4.79 Å². The molecule has 1 amide bonds. The monoisotopic (exact) mass is 271 g/mol. The Balaban J connectivity index is 1.79. The van der Waals surface area contributed by atoms with Crippen LogP contribution in [0.15, 0.2) is 24.3 Å². The van der Waals surface area contributed by atoms with E-state index in [1.165, 1.54) is 12.8 Å². The zero-order valence-corrected chi connectivity index (χ0v) is 11.9. The van der Waals surface area contributed by atoms with E-state index in [0.717, 1.165) is 18.2 Å². The van der Waals surface area contributed by atoms with Gasteiger partial charge in [0.05, 0.1) is 6.54 Å². The lowest BCUT2D eigenvalue weighted by molar-refractivity contribution is 0.0949. The molecular formula is C16H21N3O. The van der Waals surface area contributed by atoms with Gasteiger partial charge in [-0.2, -0.15) is 0 Å². The minimum absolute atomic E-state index is 0.0347. The van der Waals surface area contributed by atoms with Crippen LogP contribution in [-0.2, 0) is 0 Å². The van der Waals surface area contributed by atoms with Gasteiger partial charge < -0.3 is 16.0 Å². The van der Waals surface area contributed by atoms with Crippen LogP contribution in [0.1, 0.15) is 28.8 Å². The van der Waals surface area contributed by atoms with Gasteiger partial charge >= 0.3 is 0 Å². The van der Waals surface area contributed by atoms with Gasteiger partial charge in [0.25, 0.3) is 5.91 Å². The van der Waals surface area contributed by atoms with E-state index < -0.39 is 0 Å². The van der Waals surface area contributed by atoms with Gasteiger partial charge in [0, 0.05) is 30.3 Å². The summed E-state index contributed by atoms with van der Waals surface area (Å²) in [5.41, 5.74) is 6.86. The third-order valence-electron chi connectivity index (χ3n) is 3.40. The van der Waals surface area contributed by atoms with Gasteiger partial charge in [-0.25, -0.2) is 0 Å². The third kappa shape index (κ3) is 4.37. The average molecular weight is 271 g/mol. The Morgan fingerprint density at radius 3 is 2.70 bits per heavy atom. The molecule has 0 heterocycles. The van der Waals surface area contributed by atoms with E-state index in [4.69, 9.17) is 5.73 Å². The summed E-state index contributed by atoms with van der Waals surface area (Å²) in [6, 6.07) is 8.00. The van der Waals surface area contributed by atoms with Crippen molar-refractivity contribution in [2.24, 2.45) is 5.73 Å². The lowest BCUT2D eigenvalue weighted by Gasteiger charge is -2.15. The molecule has 106 valence electrons. The van der Waals surface area contributed by atoms with Crippen molar-refractivity contribution < 1.29 is 4.79 Å². The summed E-state index contributed by atoms with van der Waals surface area (Å²) >= 11 is 0. The van der Waals surface area contributed by atoms with Gasteiger partial charge in [0.1, 0.15) is 0 Å². The molecule has 1 fully saturated rings. The standard InChI is InChI=1S/C16H21N3O/c1-19(15-8-9-15)12-11-18-16(20)14-6-4-13(5-7-14)3-2-10-17/h4-7,15H,8-12,17H2,1H3,(H,18,20). The van der Waals surface area contributed by atoms with Gasteiger partial charge in [0.2, 0.25) is 0 Å². The molecule has 4 heteroatoms. The minimum Gasteiger partial charge on any atom is -0.351 e. The van der Waals surface area contributed by atoms with E-state index in [1.54, 1.807) is 12.1 Å². The molecule has 0 spiro atoms. The van der Waals surface area contributed by atoms with Crippen molar-refractivity contribution in [3.8, 4) is 11.8 Å². The predicted octanol–water partition coefficient (Wildman–Crippen LogP) is 0.821. The average Bonchev–Trinajstić information content (AvgIpc) is 3.30. The van der Waals surface area contributed by atoms with Gasteiger partial charge in [-0.15, -0.1) is 0 Å². The first kappa shape index (κ1) is 14.6. The molecule has 0 radical (unpaired) electrons. The SMILES string of the molecule is CN(CCNC(=O)c1ccc(C#CCN)cc1)C1CC1. The predicted molar refractivity (Wildman–Crippen MR) is 80.4 cm³/mol. The Hall–Kier alpha value is -1.83. The number of carbonyl (C=O) groups excluding carboxylic acids is 1. The van der Waals surface area contributed by atoms with Crippen LogP contribution in [-0.4, -0.2) is 43.5 Å². The van der Waals surface area contributed by atoms with Gasteiger partial charge in [-0.05, 0) is 44.2 Å². The van der Waals surface area contributed by atoms with Crippen LogP contribution in [0.4, 0.5) is 0 Å². The number of hydrogen-bond donors (Lipinski definition) is 2. The second-order valence-electron chi connectivity index (χ2n) is 5.05. The van der Waals surface area contributed by atoms with Crippen molar-refractivity contribution in [3.05, 3.63) is 35.4 Å². The normalized spacial score (nSPS) is 13.8. The maximum Gasteiger partial charge on any atom is 0.251 e. The molecule has 1 aromatic carbocycles. The van der Waals surface area contributed by atoms with Crippen LogP contribution >= 0.6 is 0 Å². The Bertz CT molecular complexity index is 509. The fourth-order valence-electron chi connectivity index (χ4n) is 2.00. The van der Waals surface area contributed by atoms with Gasteiger partial charge in [-0.1, -0.05) is 11.8 Å². The Morgan fingerprint density at radius 2 is 2.10 bits per heavy atom. The number of likely N-dealkylation sites (N-methyl/N-ethyl adjacent to an activating group) is 1. The molecule has 0 atom stereocenters. The second-order valence-corrected chi connectivity index (χ2v) is 5.05. The molecule has 0 unspecified atom stereocenters. The summed E-state index contributed by atoms with van der Waals surface area (Å²) in [6.07, 6.45) is 2.57. The van der Waals surface area contributed by atoms with Crippen molar-refractivity contribution in [2.75, 3.05) is 26.7 Å². The van der Waals surface area contributed by atoms with E-state index in [0.29, 0.717) is 18.7 Å². The minimum atomic E-state index is -0.0347. The molecule has 0 aromatic heterocycles. The first-order chi connectivity index (χ1) is 9.70. The Kier molecular flexibility index (Phi) is 5.16. The maximum absolute atomic E-state index is 12.0. The number of nitrogens with zero attached hydrogens (tertiary/aromatic N) is 1. The molecule has 1 saturated carbocycles. The van der Waals surface area contributed by atoms with Gasteiger partial charge in [-0.3, -0.25) is 4.79 Å². The van der Waals surface area contributed by atoms with Crippen LogP contribution in [0.25, 0.3) is 0 Å². The van der Waals surface area contributed by atoms with Crippen LogP contribution in [0.2, 0.25) is 0 Å². The zero-order valence-electron chi connectivity index (χ0n) is 11.9. The van der Waals surface area contributed by atoms with Crippen molar-refractivity contribution >= 4 is 5.91 Å². The van der Waals surface area contributed by atoms with Crippen LogP contribution in [0, 0.1) is 11.8 Å². The van der Waals surface area contributed by atoms with E-state index in [-0.39, 0.29) is 5.91 Å². The number of carbonyl (C=O) groups is 1. The summed E-state index contributed by atoms with van der Waals surface area (Å²) in [5.74, 6) is 5.69. The highest BCUT2D eigenvalue weighted by molar-refractivity contribution is 5.94. The molecule has 0 aliphatic heterocycles. The molecule has 20 heavy (non-hydrogen) atoms. The summed E-state index contributed by atoms with van der Waals surface area (Å²) in [7, 11) is 2.11. The molecule has 4 nitrogen and oxygen atoms in total. The molecule has 1 aliphatic carbocycles. The van der Waals surface area contributed by atoms with Crippen molar-refractivity contribution in [2.45, 2.75) is 18.9 Å². The van der Waals surface area contributed by atoms with Crippen LogP contribution in [0.5, 0.6) is 0 Å². The number of amides is 1. The summed E-state index contributed by atoms with van der Waals surface area (Å²) < 4.78 is 0. The Labute approximate surface area is 120 Å². The lowest BCUT2D eigenvalue weighted by atomic mass is 10.1. The zero-order chi connectivity index (χ0) is 14.4. The smallest absolute Gasteiger partial charge is 0.251 e. The van der Waals surface area contributed by atoms with E-state index in [2.05, 4.69) is 29.1 Å². The fourth-order valence-corrected chi connectivity index (χ4v) is 2.00.